The van der Waals surface area contributed by atoms with Crippen molar-refractivity contribution in [1.82, 2.24) is 0 Å². The van der Waals surface area contributed by atoms with Gasteiger partial charge in [0.25, 0.3) is 0 Å². The van der Waals surface area contributed by atoms with Crippen molar-refractivity contribution < 1.29 is 80.2 Å². The summed E-state index contributed by atoms with van der Waals surface area (Å²) in [4.78, 5) is 73.1. The smallest absolute Gasteiger partial charge is 0.462 e. The highest BCUT2D eigenvalue weighted by atomic mass is 31.2. The van der Waals surface area contributed by atoms with E-state index in [1.165, 1.54) is 225 Å². The fraction of sp³-hybridized carbons (Fsp3) is 0.905. The van der Waals surface area contributed by atoms with Crippen LogP contribution in [-0.4, -0.2) is 96.7 Å². The number of hydrogen-bond donors (Lipinski definition) is 3. The molecular formula is C84H160O17P2. The Morgan fingerprint density at radius 3 is 0.874 bits per heavy atom. The van der Waals surface area contributed by atoms with Gasteiger partial charge in [0.15, 0.2) is 12.2 Å². The zero-order chi connectivity index (χ0) is 75.6. The number of carbonyl (C=O) groups excluding carboxylic acids is 4. The van der Waals surface area contributed by atoms with E-state index < -0.39 is 97.5 Å². The van der Waals surface area contributed by atoms with Crippen LogP contribution in [0.3, 0.4) is 0 Å². The van der Waals surface area contributed by atoms with Crippen molar-refractivity contribution in [2.45, 2.75) is 439 Å². The molecule has 0 aromatic heterocycles. The number of phosphoric acid groups is 2. The second-order valence-corrected chi connectivity index (χ2v) is 33.2. The Labute approximate surface area is 631 Å². The van der Waals surface area contributed by atoms with Crippen molar-refractivity contribution in [2.24, 2.45) is 11.8 Å². The highest BCUT2D eigenvalue weighted by Crippen LogP contribution is 2.45. The van der Waals surface area contributed by atoms with Gasteiger partial charge in [-0.05, 0) is 63.2 Å². The summed E-state index contributed by atoms with van der Waals surface area (Å²) in [6.45, 7) is 9.67. The molecular weight excluding hydrogens is 1340 g/mol. The van der Waals surface area contributed by atoms with E-state index in [1.807, 2.05) is 0 Å². The maximum atomic E-state index is 13.1. The van der Waals surface area contributed by atoms with Crippen LogP contribution in [0.15, 0.2) is 24.3 Å². The number of hydrogen-bond acceptors (Lipinski definition) is 15. The molecule has 17 nitrogen and oxygen atoms in total. The number of esters is 4. The molecule has 0 aromatic carbocycles. The summed E-state index contributed by atoms with van der Waals surface area (Å²) in [5.41, 5.74) is 0. The molecule has 0 amide bonds. The summed E-state index contributed by atoms with van der Waals surface area (Å²) >= 11 is 0. The Morgan fingerprint density at radius 2 is 0.573 bits per heavy atom. The van der Waals surface area contributed by atoms with E-state index >= 15 is 0 Å². The van der Waals surface area contributed by atoms with Crippen LogP contribution in [0.25, 0.3) is 0 Å². The van der Waals surface area contributed by atoms with E-state index in [1.54, 1.807) is 0 Å². The predicted molar refractivity (Wildman–Crippen MR) is 423 cm³/mol. The highest BCUT2D eigenvalue weighted by Gasteiger charge is 2.30. The molecule has 0 aliphatic heterocycles. The van der Waals surface area contributed by atoms with Crippen molar-refractivity contribution >= 4 is 39.5 Å². The van der Waals surface area contributed by atoms with Crippen LogP contribution in [0.5, 0.6) is 0 Å². The Kier molecular flexibility index (Phi) is 73.2. The first-order valence-corrected chi connectivity index (χ1v) is 45.8. The Hall–Kier alpha value is -2.46. The van der Waals surface area contributed by atoms with Gasteiger partial charge in [0, 0.05) is 25.7 Å². The third-order valence-electron chi connectivity index (χ3n) is 19.4. The first-order valence-electron chi connectivity index (χ1n) is 42.8. The predicted octanol–water partition coefficient (Wildman–Crippen LogP) is 25.0. The number of ether oxygens (including phenoxy) is 4. The molecule has 0 radical (unpaired) electrons. The van der Waals surface area contributed by atoms with Crippen LogP contribution < -0.4 is 0 Å². The number of unbranched alkanes of at least 4 members (excludes halogenated alkanes) is 47. The largest absolute Gasteiger partial charge is 0.472 e. The number of carbonyl (C=O) groups is 4. The molecule has 0 heterocycles. The zero-order valence-corrected chi connectivity index (χ0v) is 68.9. The maximum absolute atomic E-state index is 13.1. The van der Waals surface area contributed by atoms with Gasteiger partial charge >= 0.3 is 39.5 Å². The number of allylic oxidation sites excluding steroid dienone is 4. The molecule has 0 saturated carbocycles. The average Bonchev–Trinajstić information content (AvgIpc) is 0.930. The Morgan fingerprint density at radius 1 is 0.320 bits per heavy atom. The lowest BCUT2D eigenvalue weighted by atomic mass is 9.99. The van der Waals surface area contributed by atoms with E-state index in [4.69, 9.17) is 37.0 Å². The summed E-state index contributed by atoms with van der Waals surface area (Å²) < 4.78 is 68.8. The van der Waals surface area contributed by atoms with Gasteiger partial charge in [0.05, 0.1) is 26.4 Å². The minimum atomic E-state index is -4.97. The van der Waals surface area contributed by atoms with E-state index in [0.717, 1.165) is 115 Å². The highest BCUT2D eigenvalue weighted by molar-refractivity contribution is 7.47. The van der Waals surface area contributed by atoms with E-state index in [-0.39, 0.29) is 25.7 Å². The van der Waals surface area contributed by atoms with Gasteiger partial charge < -0.3 is 33.8 Å². The number of phosphoric ester groups is 2. The Balaban J connectivity index is 5.29. The molecule has 19 heteroatoms. The molecule has 0 aliphatic rings. The third-order valence-corrected chi connectivity index (χ3v) is 21.3. The van der Waals surface area contributed by atoms with Crippen molar-refractivity contribution in [3.8, 4) is 0 Å². The van der Waals surface area contributed by atoms with Gasteiger partial charge in [-0.3, -0.25) is 37.3 Å². The molecule has 0 saturated heterocycles. The average molecular weight is 1500 g/mol. The van der Waals surface area contributed by atoms with E-state index in [2.05, 4.69) is 65.8 Å². The SMILES string of the molecule is CCCCCC/C=C\C=C/CCCCCCCC(=O)O[C@H](COC(=O)CCCCCCCCCCCCCC)COP(=O)(O)OC[C@H](O)COP(=O)(O)OC[C@@H](COC(=O)CCCCCCCCCCCCCCCCC(C)CC)OC(=O)CCCCCCCCCCCCCCCCCC(C)C. The van der Waals surface area contributed by atoms with Gasteiger partial charge in [-0.1, -0.05) is 368 Å². The molecule has 608 valence electrons. The lowest BCUT2D eigenvalue weighted by molar-refractivity contribution is -0.161. The molecule has 3 N–H and O–H groups in total. The zero-order valence-electron chi connectivity index (χ0n) is 67.1. The van der Waals surface area contributed by atoms with E-state index in [9.17, 15) is 43.2 Å². The van der Waals surface area contributed by atoms with Crippen molar-refractivity contribution in [2.75, 3.05) is 39.6 Å². The van der Waals surface area contributed by atoms with Gasteiger partial charge in [0.1, 0.15) is 19.3 Å². The van der Waals surface area contributed by atoms with Crippen molar-refractivity contribution in [3.05, 3.63) is 24.3 Å². The fourth-order valence-electron chi connectivity index (χ4n) is 12.5. The molecule has 0 spiro atoms. The van der Waals surface area contributed by atoms with Gasteiger partial charge in [-0.2, -0.15) is 0 Å². The van der Waals surface area contributed by atoms with E-state index in [0.29, 0.717) is 25.7 Å². The minimum Gasteiger partial charge on any atom is -0.462 e. The van der Waals surface area contributed by atoms with Crippen LogP contribution in [0.1, 0.15) is 420 Å². The van der Waals surface area contributed by atoms with Gasteiger partial charge in [0.2, 0.25) is 0 Å². The molecule has 0 aliphatic carbocycles. The fourth-order valence-corrected chi connectivity index (χ4v) is 14.1. The lowest BCUT2D eigenvalue weighted by Gasteiger charge is -2.21. The summed E-state index contributed by atoms with van der Waals surface area (Å²) in [7, 11) is -9.94. The number of aliphatic hydroxyl groups is 1. The van der Waals surface area contributed by atoms with Crippen LogP contribution in [0, 0.1) is 11.8 Å². The monoisotopic (exact) mass is 1500 g/mol. The van der Waals surface area contributed by atoms with Crippen LogP contribution in [0.4, 0.5) is 0 Å². The van der Waals surface area contributed by atoms with Crippen molar-refractivity contribution in [1.29, 1.82) is 0 Å². The first kappa shape index (κ1) is 101. The van der Waals surface area contributed by atoms with Gasteiger partial charge in [-0.25, -0.2) is 9.13 Å². The molecule has 0 rings (SSSR count). The van der Waals surface area contributed by atoms with Crippen molar-refractivity contribution in [3.63, 3.8) is 0 Å². The molecule has 0 fully saturated rings. The molecule has 0 aromatic rings. The van der Waals surface area contributed by atoms with Gasteiger partial charge in [-0.15, -0.1) is 0 Å². The van der Waals surface area contributed by atoms with Crippen LogP contribution in [0.2, 0.25) is 0 Å². The summed E-state index contributed by atoms with van der Waals surface area (Å²) in [6.07, 6.45) is 68.6. The molecule has 0 bridgehead atoms. The van der Waals surface area contributed by atoms with Crippen LogP contribution >= 0.6 is 15.6 Å². The maximum Gasteiger partial charge on any atom is 0.472 e. The standard InChI is InChI=1S/C84H160O17P2/c1-7-10-12-14-16-18-20-22-24-32-38-44-50-56-62-68-83(88)100-79(72-94-81(86)66-60-54-48-42-36-21-19-17-15-13-11-8-2)74-98-102(90,91)96-70-78(85)71-97-103(92,93)99-75-80(101-84(89)69-63-57-51-45-39-33-26-23-25-29-34-40-46-52-58-64-76(4)5)73-95-82(87)67-61-55-49-43-37-31-28-27-30-35-41-47-53-59-65-77(6)9-3/h18,20,22,24,76-80,85H,7-17,19,21,23,25-75H2,1-6H3,(H,90,91)(H,92,93)/b20-18-,24-22-/t77?,78-,79+,80+/m0/s1. The quantitative estimate of drug-likeness (QED) is 0.0169. The third kappa shape index (κ3) is 76.1. The molecule has 3 unspecified atom stereocenters. The number of rotatable bonds is 81. The Bertz CT molecular complexity index is 2070. The molecule has 103 heavy (non-hydrogen) atoms. The summed E-state index contributed by atoms with van der Waals surface area (Å²) in [6, 6.07) is 0. The topological polar surface area (TPSA) is 237 Å². The second-order valence-electron chi connectivity index (χ2n) is 30.3. The normalized spacial score (nSPS) is 14.3. The second kappa shape index (κ2) is 75.0. The lowest BCUT2D eigenvalue weighted by Crippen LogP contribution is -2.30. The molecule has 6 atom stereocenters. The number of aliphatic hydroxyl groups excluding tert-OH is 1. The minimum absolute atomic E-state index is 0.0855. The first-order chi connectivity index (χ1) is 49.9. The summed E-state index contributed by atoms with van der Waals surface area (Å²) in [5.74, 6) is -0.483. The van der Waals surface area contributed by atoms with Crippen LogP contribution in [-0.2, 0) is 65.4 Å². The summed E-state index contributed by atoms with van der Waals surface area (Å²) in [5, 5.41) is 10.7.